The van der Waals surface area contributed by atoms with Crippen LogP contribution < -0.4 is 0 Å². The van der Waals surface area contributed by atoms with Crippen LogP contribution in [0.2, 0.25) is 0 Å². The Bertz CT molecular complexity index is 1220. The predicted octanol–water partition coefficient (Wildman–Crippen LogP) is 5.54. The van der Waals surface area contributed by atoms with Crippen LogP contribution >= 0.6 is 0 Å². The molecule has 0 saturated carbocycles. The van der Waals surface area contributed by atoms with E-state index in [1.165, 1.54) is 5.56 Å². The van der Waals surface area contributed by atoms with E-state index in [4.69, 9.17) is 4.42 Å². The molecular weight excluding hydrogens is 308 g/mol. The van der Waals surface area contributed by atoms with E-state index in [-0.39, 0.29) is 0 Å². The molecule has 1 aromatic heterocycles. The summed E-state index contributed by atoms with van der Waals surface area (Å²) in [6.45, 7) is 2.09. The van der Waals surface area contributed by atoms with Crippen LogP contribution in [0, 0.1) is 6.92 Å². The van der Waals surface area contributed by atoms with Crippen LogP contribution in [0.15, 0.2) is 83.5 Å². The maximum atomic E-state index is 5.99. The fraction of sp³-hybridized carbons (Fsp3) is 0.0455. The number of rotatable bonds is 2. The summed E-state index contributed by atoms with van der Waals surface area (Å²) in [7, 11) is 0. The number of para-hydroxylation sites is 1. The van der Waals surface area contributed by atoms with Gasteiger partial charge in [0.05, 0.1) is 6.07 Å². The minimum atomic E-state index is 0.891. The Morgan fingerprint density at radius 3 is 2.24 bits per heavy atom. The molecule has 118 valence electrons. The van der Waals surface area contributed by atoms with E-state index in [0.717, 1.165) is 33.3 Å². The number of fused-ring (bicyclic) bond motifs is 3. The number of hydrogen-bond donors (Lipinski definition) is 0. The summed E-state index contributed by atoms with van der Waals surface area (Å²) in [6, 6.07) is 26.2. The van der Waals surface area contributed by atoms with Crippen LogP contribution in [0.3, 0.4) is 0 Å². The molecular formula is C22H16N2O+2. The highest BCUT2D eigenvalue weighted by molar-refractivity contribution is 6.05. The summed E-state index contributed by atoms with van der Waals surface area (Å²) in [5.41, 5.74) is 5.18. The van der Waals surface area contributed by atoms with E-state index in [1.54, 1.807) is 0 Å². The van der Waals surface area contributed by atoms with Crippen molar-refractivity contribution in [3.63, 3.8) is 0 Å². The topological polar surface area (TPSA) is 19.2 Å². The van der Waals surface area contributed by atoms with Gasteiger partial charge < -0.3 is 4.42 Å². The lowest BCUT2D eigenvalue weighted by molar-refractivity contribution is -0.387. The molecule has 0 N–H and O–H groups in total. The van der Waals surface area contributed by atoms with Gasteiger partial charge in [-0.1, -0.05) is 45.0 Å². The second kappa shape index (κ2) is 5.30. The fourth-order valence-electron chi connectivity index (χ4n) is 3.17. The van der Waals surface area contributed by atoms with Gasteiger partial charge in [0.2, 0.25) is 11.4 Å². The predicted molar refractivity (Wildman–Crippen MR) is 98.9 cm³/mol. The maximum Gasteiger partial charge on any atom is 0.501 e. The Hall–Kier alpha value is -3.42. The number of aryl methyl sites for hydroxylation is 1. The lowest BCUT2D eigenvalue weighted by Gasteiger charge is -1.90. The monoisotopic (exact) mass is 324 g/mol. The molecule has 0 atom stereocenters. The highest BCUT2D eigenvalue weighted by atomic mass is 16.3. The van der Waals surface area contributed by atoms with Gasteiger partial charge in [-0.2, -0.15) is 0 Å². The van der Waals surface area contributed by atoms with Crippen LogP contribution in [-0.4, -0.2) is 15.2 Å². The quantitative estimate of drug-likeness (QED) is 0.443. The molecule has 2 heterocycles. The Balaban J connectivity index is 1.63. The van der Waals surface area contributed by atoms with E-state index < -0.39 is 0 Å². The Morgan fingerprint density at radius 1 is 0.720 bits per heavy atom. The standard InChI is InChI=1S/C22H16N2O/c1-16-6-8-17(9-7-16)23-12-13-24(15-23)18-10-11-20-19-4-2-3-5-21(19)25-22(20)14-18/h2-14H,1H3/q+2. The molecule has 0 amide bonds. The molecule has 3 aromatic carbocycles. The van der Waals surface area contributed by atoms with Crippen molar-refractivity contribution in [2.75, 3.05) is 0 Å². The third-order valence-corrected chi connectivity index (χ3v) is 4.53. The average Bonchev–Trinajstić information content (AvgIpc) is 3.26. The van der Waals surface area contributed by atoms with Gasteiger partial charge in [0.1, 0.15) is 11.2 Å². The number of benzene rings is 3. The zero-order chi connectivity index (χ0) is 16.8. The number of furan rings is 1. The van der Waals surface area contributed by atoms with Crippen molar-refractivity contribution in [2.45, 2.75) is 6.92 Å². The highest BCUT2D eigenvalue weighted by Crippen LogP contribution is 2.31. The minimum Gasteiger partial charge on any atom is -0.456 e. The molecule has 3 nitrogen and oxygen atoms in total. The van der Waals surface area contributed by atoms with Gasteiger partial charge in [0, 0.05) is 29.0 Å². The van der Waals surface area contributed by atoms with Gasteiger partial charge in [-0.05, 0) is 19.1 Å². The van der Waals surface area contributed by atoms with Crippen molar-refractivity contribution in [3.8, 4) is 0 Å². The van der Waals surface area contributed by atoms with Crippen LogP contribution in [-0.2, 0) is 0 Å². The Kier molecular flexibility index (Phi) is 2.96. The van der Waals surface area contributed by atoms with E-state index in [0.29, 0.717) is 0 Å². The minimum absolute atomic E-state index is 0.891. The first-order valence-corrected chi connectivity index (χ1v) is 8.29. The summed E-state index contributed by atoms with van der Waals surface area (Å²) >= 11 is 0. The SMILES string of the molecule is Cc1ccc([N+]2=C=[N+](c3ccc4c(c3)oc3ccccc34)C=C2)cc1. The Morgan fingerprint density at radius 2 is 1.40 bits per heavy atom. The van der Waals surface area contributed by atoms with Gasteiger partial charge in [0.15, 0.2) is 0 Å². The lowest BCUT2D eigenvalue weighted by Crippen LogP contribution is -1.94. The molecule has 3 heteroatoms. The van der Waals surface area contributed by atoms with E-state index in [1.807, 2.05) is 39.8 Å². The van der Waals surface area contributed by atoms with Crippen LogP contribution in [0.1, 0.15) is 5.56 Å². The summed E-state index contributed by atoms with van der Waals surface area (Å²) in [4.78, 5) is 0. The van der Waals surface area contributed by atoms with Crippen molar-refractivity contribution in [2.24, 2.45) is 0 Å². The molecule has 25 heavy (non-hydrogen) atoms. The van der Waals surface area contributed by atoms with Crippen molar-refractivity contribution in [1.29, 1.82) is 0 Å². The largest absolute Gasteiger partial charge is 0.501 e. The zero-order valence-electron chi connectivity index (χ0n) is 13.8. The first kappa shape index (κ1) is 14.0. The van der Waals surface area contributed by atoms with Crippen LogP contribution in [0.4, 0.5) is 11.4 Å². The smallest absolute Gasteiger partial charge is 0.456 e. The summed E-state index contributed by atoms with van der Waals surface area (Å²) in [5.74, 6) is 0. The molecule has 0 bridgehead atoms. The second-order valence-corrected chi connectivity index (χ2v) is 6.25. The van der Waals surface area contributed by atoms with Crippen molar-refractivity contribution in [1.82, 2.24) is 0 Å². The van der Waals surface area contributed by atoms with Crippen LogP contribution in [0.25, 0.3) is 21.9 Å². The molecule has 0 radical (unpaired) electrons. The molecule has 0 aliphatic carbocycles. The Labute approximate surface area is 145 Å². The normalized spacial score (nSPS) is 13.5. The van der Waals surface area contributed by atoms with E-state index in [9.17, 15) is 0 Å². The summed E-state index contributed by atoms with van der Waals surface area (Å²) in [5, 5.41) is 2.29. The average molecular weight is 324 g/mol. The highest BCUT2D eigenvalue weighted by Gasteiger charge is 2.22. The first-order chi connectivity index (χ1) is 12.3. The molecule has 4 aromatic rings. The fourth-order valence-corrected chi connectivity index (χ4v) is 3.17. The van der Waals surface area contributed by atoms with Gasteiger partial charge in [-0.15, -0.1) is 0 Å². The molecule has 1 aliphatic rings. The number of hydrogen-bond acceptors (Lipinski definition) is 1. The molecule has 0 spiro atoms. The third-order valence-electron chi connectivity index (χ3n) is 4.53. The van der Waals surface area contributed by atoms with Gasteiger partial charge in [0.25, 0.3) is 12.4 Å². The molecule has 0 saturated heterocycles. The van der Waals surface area contributed by atoms with Crippen molar-refractivity contribution in [3.05, 3.63) is 84.7 Å². The van der Waals surface area contributed by atoms with Gasteiger partial charge >= 0.3 is 6.01 Å². The molecule has 1 aliphatic heterocycles. The van der Waals surface area contributed by atoms with E-state index in [2.05, 4.69) is 61.5 Å². The summed E-state index contributed by atoms with van der Waals surface area (Å²) < 4.78 is 9.95. The first-order valence-electron chi connectivity index (χ1n) is 8.29. The molecule has 5 rings (SSSR count). The van der Waals surface area contributed by atoms with Crippen molar-refractivity contribution >= 4 is 39.3 Å². The summed E-state index contributed by atoms with van der Waals surface area (Å²) in [6.07, 6.45) is 4.01. The van der Waals surface area contributed by atoms with Crippen molar-refractivity contribution < 1.29 is 13.6 Å². The van der Waals surface area contributed by atoms with E-state index >= 15 is 0 Å². The van der Waals surface area contributed by atoms with Crippen LogP contribution in [0.5, 0.6) is 0 Å². The molecule has 0 fully saturated rings. The maximum absolute atomic E-state index is 5.99. The van der Waals surface area contributed by atoms with Gasteiger partial charge in [-0.25, -0.2) is 0 Å². The van der Waals surface area contributed by atoms with Gasteiger partial charge in [-0.3, -0.25) is 0 Å². The second-order valence-electron chi connectivity index (χ2n) is 6.25. The molecule has 0 unspecified atom stereocenters. The zero-order valence-corrected chi connectivity index (χ0v) is 13.8. The lowest BCUT2D eigenvalue weighted by atomic mass is 10.1. The third kappa shape index (κ3) is 2.30. The number of nitrogens with zero attached hydrogens (tertiary/aromatic N) is 2.